The molecule has 0 spiro atoms. The summed E-state index contributed by atoms with van der Waals surface area (Å²) in [6, 6.07) is 6.32. The lowest BCUT2D eigenvalue weighted by Gasteiger charge is -2.26. The second kappa shape index (κ2) is 6.71. The summed E-state index contributed by atoms with van der Waals surface area (Å²) in [6.07, 6.45) is 0.505. The van der Waals surface area contributed by atoms with Crippen molar-refractivity contribution in [1.29, 1.82) is 0 Å². The summed E-state index contributed by atoms with van der Waals surface area (Å²) >= 11 is 0. The van der Waals surface area contributed by atoms with Gasteiger partial charge in [0, 0.05) is 18.0 Å². The minimum absolute atomic E-state index is 0.0612. The summed E-state index contributed by atoms with van der Waals surface area (Å²) in [4.78, 5) is 13.6. The van der Waals surface area contributed by atoms with Crippen molar-refractivity contribution in [3.63, 3.8) is 0 Å². The monoisotopic (exact) mass is 263 g/mol. The third-order valence-corrected chi connectivity index (χ3v) is 3.38. The lowest BCUT2D eigenvalue weighted by Crippen LogP contribution is -2.23. The van der Waals surface area contributed by atoms with Crippen molar-refractivity contribution >= 4 is 5.78 Å². The Hall–Kier alpha value is -1.35. The number of hydrogen-bond donors (Lipinski definition) is 0. The first-order valence-corrected chi connectivity index (χ1v) is 6.70. The number of Topliss-reactive ketones (excluding diaryl/α,β-unsaturated/α-hetero) is 1. The zero-order valence-corrected chi connectivity index (χ0v) is 12.9. The average Bonchev–Trinajstić information content (AvgIpc) is 2.34. The Morgan fingerprint density at radius 3 is 2.37 bits per heavy atom. The number of nitrogens with zero attached hydrogens (tertiary/aromatic N) is 1. The van der Waals surface area contributed by atoms with Crippen LogP contribution in [0.15, 0.2) is 18.2 Å². The third-order valence-electron chi connectivity index (χ3n) is 3.38. The summed E-state index contributed by atoms with van der Waals surface area (Å²) in [5, 5.41) is 0. The van der Waals surface area contributed by atoms with Gasteiger partial charge in [-0.05, 0) is 38.6 Å². The fourth-order valence-electron chi connectivity index (χ4n) is 2.22. The molecule has 1 atom stereocenters. The van der Waals surface area contributed by atoms with Crippen molar-refractivity contribution in [3.05, 3.63) is 29.3 Å². The first-order valence-electron chi connectivity index (χ1n) is 6.70. The molecule has 0 saturated heterocycles. The van der Waals surface area contributed by atoms with Gasteiger partial charge < -0.3 is 9.64 Å². The number of carbonyl (C=O) groups is 1. The maximum Gasteiger partial charge on any atom is 0.131 e. The van der Waals surface area contributed by atoms with Gasteiger partial charge in [0.15, 0.2) is 0 Å². The largest absolute Gasteiger partial charge is 0.496 e. The van der Waals surface area contributed by atoms with Crippen LogP contribution in [0.5, 0.6) is 5.75 Å². The molecule has 0 aliphatic carbocycles. The van der Waals surface area contributed by atoms with Crippen molar-refractivity contribution in [3.8, 4) is 5.75 Å². The molecule has 0 aliphatic rings. The molecule has 19 heavy (non-hydrogen) atoms. The summed E-state index contributed by atoms with van der Waals surface area (Å²) in [7, 11) is 5.67. The molecule has 0 saturated carbocycles. The van der Waals surface area contributed by atoms with Crippen LogP contribution < -0.4 is 4.74 Å². The number of carbonyl (C=O) groups excluding carboxylic acids is 1. The highest BCUT2D eigenvalue weighted by molar-refractivity contribution is 5.76. The van der Waals surface area contributed by atoms with E-state index in [0.29, 0.717) is 12.3 Å². The normalized spacial score (nSPS) is 12.8. The Bertz CT molecular complexity index is 438. The highest BCUT2D eigenvalue weighted by Gasteiger charge is 2.21. The van der Waals surface area contributed by atoms with Gasteiger partial charge >= 0.3 is 0 Å². The van der Waals surface area contributed by atoms with Gasteiger partial charge in [-0.2, -0.15) is 0 Å². The van der Waals surface area contributed by atoms with E-state index in [9.17, 15) is 4.79 Å². The molecule has 1 rings (SSSR count). The van der Waals surface area contributed by atoms with E-state index in [2.05, 4.69) is 30.9 Å². The third kappa shape index (κ3) is 4.06. The van der Waals surface area contributed by atoms with E-state index in [1.54, 1.807) is 14.0 Å². The second-order valence-electron chi connectivity index (χ2n) is 5.54. The van der Waals surface area contributed by atoms with Gasteiger partial charge in [0.05, 0.1) is 7.11 Å². The van der Waals surface area contributed by atoms with Crippen LogP contribution in [0, 0.1) is 0 Å². The van der Waals surface area contributed by atoms with Gasteiger partial charge in [-0.3, -0.25) is 4.79 Å². The lowest BCUT2D eigenvalue weighted by atomic mass is 9.94. The van der Waals surface area contributed by atoms with Gasteiger partial charge in [0.25, 0.3) is 0 Å². The van der Waals surface area contributed by atoms with E-state index < -0.39 is 0 Å². The van der Waals surface area contributed by atoms with Gasteiger partial charge in [-0.25, -0.2) is 0 Å². The van der Waals surface area contributed by atoms with Crippen molar-refractivity contribution in [1.82, 2.24) is 4.90 Å². The van der Waals surface area contributed by atoms with Crippen LogP contribution in [0.4, 0.5) is 0 Å². The van der Waals surface area contributed by atoms with E-state index in [-0.39, 0.29) is 11.8 Å². The number of rotatable bonds is 6. The minimum atomic E-state index is 0.0612. The first kappa shape index (κ1) is 15.7. The summed E-state index contributed by atoms with van der Waals surface area (Å²) in [6.45, 7) is 5.97. The first-order chi connectivity index (χ1) is 8.86. The zero-order valence-electron chi connectivity index (χ0n) is 12.9. The Kier molecular flexibility index (Phi) is 5.55. The number of ether oxygens (including phenoxy) is 1. The molecule has 0 radical (unpaired) electrons. The lowest BCUT2D eigenvalue weighted by molar-refractivity contribution is -0.118. The molecule has 0 N–H and O–H groups in total. The molecule has 106 valence electrons. The Labute approximate surface area is 116 Å². The molecule has 0 aromatic heterocycles. The van der Waals surface area contributed by atoms with Crippen molar-refractivity contribution in [2.24, 2.45) is 0 Å². The number of methoxy groups -OCH3 is 1. The second-order valence-corrected chi connectivity index (χ2v) is 5.54. The Balaban J connectivity index is 3.25. The molecule has 3 heteroatoms. The molecule has 0 bridgehead atoms. The van der Waals surface area contributed by atoms with Gasteiger partial charge in [-0.1, -0.05) is 26.0 Å². The molecular weight excluding hydrogens is 238 g/mol. The maximum atomic E-state index is 11.5. The molecule has 0 heterocycles. The van der Waals surface area contributed by atoms with E-state index in [1.807, 2.05) is 20.2 Å². The molecule has 1 aromatic carbocycles. The molecule has 1 aromatic rings. The SMILES string of the molecule is COc1ccc(C(C)C)cc1C(CC(C)=O)N(C)C. The van der Waals surface area contributed by atoms with Crippen molar-refractivity contribution < 1.29 is 9.53 Å². The number of benzene rings is 1. The van der Waals surface area contributed by atoms with Gasteiger partial charge in [0.2, 0.25) is 0 Å². The summed E-state index contributed by atoms with van der Waals surface area (Å²) < 4.78 is 5.45. The summed E-state index contributed by atoms with van der Waals surface area (Å²) in [5.41, 5.74) is 2.36. The Morgan fingerprint density at radius 2 is 1.95 bits per heavy atom. The molecule has 0 amide bonds. The van der Waals surface area contributed by atoms with Crippen LogP contribution in [0.2, 0.25) is 0 Å². The van der Waals surface area contributed by atoms with Crippen LogP contribution >= 0.6 is 0 Å². The smallest absolute Gasteiger partial charge is 0.131 e. The van der Waals surface area contributed by atoms with E-state index in [0.717, 1.165) is 11.3 Å². The Morgan fingerprint density at radius 1 is 1.32 bits per heavy atom. The average molecular weight is 263 g/mol. The number of hydrogen-bond acceptors (Lipinski definition) is 3. The van der Waals surface area contributed by atoms with E-state index >= 15 is 0 Å². The van der Waals surface area contributed by atoms with Crippen LogP contribution in [-0.4, -0.2) is 31.9 Å². The van der Waals surface area contributed by atoms with E-state index in [1.165, 1.54) is 5.56 Å². The van der Waals surface area contributed by atoms with Crippen LogP contribution in [0.25, 0.3) is 0 Å². The van der Waals surface area contributed by atoms with Crippen LogP contribution in [-0.2, 0) is 4.79 Å². The quantitative estimate of drug-likeness (QED) is 0.788. The topological polar surface area (TPSA) is 29.5 Å². The highest BCUT2D eigenvalue weighted by Crippen LogP contribution is 2.33. The van der Waals surface area contributed by atoms with Crippen LogP contribution in [0.1, 0.15) is 50.3 Å². The fraction of sp³-hybridized carbons (Fsp3) is 0.562. The zero-order chi connectivity index (χ0) is 14.6. The molecule has 0 fully saturated rings. The predicted molar refractivity (Wildman–Crippen MR) is 78.8 cm³/mol. The number of ketones is 1. The molecule has 3 nitrogen and oxygen atoms in total. The maximum absolute atomic E-state index is 11.5. The van der Waals surface area contributed by atoms with Crippen LogP contribution in [0.3, 0.4) is 0 Å². The minimum Gasteiger partial charge on any atom is -0.496 e. The molecule has 0 aliphatic heterocycles. The van der Waals surface area contributed by atoms with Gasteiger partial charge in [0.1, 0.15) is 11.5 Å². The molecular formula is C16H25NO2. The molecule has 1 unspecified atom stereocenters. The standard InChI is InChI=1S/C16H25NO2/c1-11(2)13-7-8-16(19-6)14(10-13)15(17(4)5)9-12(3)18/h7-8,10-11,15H,9H2,1-6H3. The van der Waals surface area contributed by atoms with E-state index in [4.69, 9.17) is 4.74 Å². The van der Waals surface area contributed by atoms with Crippen molar-refractivity contribution in [2.75, 3.05) is 21.2 Å². The fourth-order valence-corrected chi connectivity index (χ4v) is 2.22. The predicted octanol–water partition coefficient (Wildman–Crippen LogP) is 3.40. The van der Waals surface area contributed by atoms with Crippen molar-refractivity contribution in [2.45, 2.75) is 39.2 Å². The summed E-state index contributed by atoms with van der Waals surface area (Å²) in [5.74, 6) is 1.50. The van der Waals surface area contributed by atoms with Gasteiger partial charge in [-0.15, -0.1) is 0 Å². The highest BCUT2D eigenvalue weighted by atomic mass is 16.5.